The number of aromatic nitrogens is 1. The molecule has 0 unspecified atom stereocenters. The van der Waals surface area contributed by atoms with Crippen molar-refractivity contribution in [3.05, 3.63) is 24.5 Å². The normalized spacial score (nSPS) is 11.9. The van der Waals surface area contributed by atoms with Gasteiger partial charge in [0.2, 0.25) is 0 Å². The zero-order chi connectivity index (χ0) is 11.9. The van der Waals surface area contributed by atoms with Gasteiger partial charge in [0, 0.05) is 18.9 Å². The minimum absolute atomic E-state index is 0.491. The van der Waals surface area contributed by atoms with Crippen molar-refractivity contribution in [1.29, 1.82) is 0 Å². The predicted molar refractivity (Wildman–Crippen MR) is 71.6 cm³/mol. The number of hydrogen-bond donors (Lipinski definition) is 0. The maximum absolute atomic E-state index is 2.46. The van der Waals surface area contributed by atoms with Crippen molar-refractivity contribution in [3.8, 4) is 0 Å². The first-order chi connectivity index (χ1) is 7.70. The highest BCUT2D eigenvalue weighted by Gasteiger charge is 2.23. The summed E-state index contributed by atoms with van der Waals surface area (Å²) in [6, 6.07) is 4.25. The van der Waals surface area contributed by atoms with Gasteiger partial charge in [-0.05, 0) is 30.4 Å². The van der Waals surface area contributed by atoms with E-state index >= 15 is 0 Å². The van der Waals surface area contributed by atoms with Gasteiger partial charge in [-0.15, -0.1) is 0 Å². The molecule has 0 spiro atoms. The van der Waals surface area contributed by atoms with Crippen LogP contribution in [0.4, 0.5) is 0 Å². The van der Waals surface area contributed by atoms with Crippen LogP contribution in [0.2, 0.25) is 0 Å². The first-order valence-electron chi connectivity index (χ1n) is 6.81. The van der Waals surface area contributed by atoms with Crippen LogP contribution in [0.5, 0.6) is 0 Å². The average molecular weight is 221 g/mol. The fraction of sp³-hybridized carbons (Fsp3) is 0.733. The molecule has 0 bridgehead atoms. The van der Waals surface area contributed by atoms with E-state index in [9.17, 15) is 0 Å². The largest absolute Gasteiger partial charge is 0.354 e. The van der Waals surface area contributed by atoms with Gasteiger partial charge in [0.15, 0.2) is 0 Å². The molecule has 0 aliphatic heterocycles. The Bertz CT molecular complexity index is 253. The lowest BCUT2D eigenvalue weighted by atomic mass is 9.80. The van der Waals surface area contributed by atoms with Crippen LogP contribution in [-0.2, 0) is 6.54 Å². The molecule has 0 N–H and O–H groups in total. The van der Waals surface area contributed by atoms with E-state index in [0.717, 1.165) is 0 Å². The van der Waals surface area contributed by atoms with E-state index in [1.54, 1.807) is 0 Å². The van der Waals surface area contributed by atoms with Crippen molar-refractivity contribution in [2.75, 3.05) is 0 Å². The lowest BCUT2D eigenvalue weighted by Gasteiger charge is -2.30. The summed E-state index contributed by atoms with van der Waals surface area (Å²) in [6.07, 6.45) is 12.5. The molecular formula is C15H27N. The first kappa shape index (κ1) is 13.3. The van der Waals surface area contributed by atoms with Crippen LogP contribution in [0, 0.1) is 5.41 Å². The van der Waals surface area contributed by atoms with Gasteiger partial charge in [-0.2, -0.15) is 0 Å². The Morgan fingerprint density at radius 2 is 1.44 bits per heavy atom. The molecule has 0 amide bonds. The van der Waals surface area contributed by atoms with Gasteiger partial charge >= 0.3 is 0 Å². The minimum Gasteiger partial charge on any atom is -0.354 e. The third kappa shape index (κ3) is 4.42. The van der Waals surface area contributed by atoms with Crippen LogP contribution >= 0.6 is 0 Å². The van der Waals surface area contributed by atoms with Gasteiger partial charge in [0.05, 0.1) is 0 Å². The monoisotopic (exact) mass is 221 g/mol. The summed E-state index contributed by atoms with van der Waals surface area (Å²) >= 11 is 0. The molecule has 0 aliphatic rings. The summed E-state index contributed by atoms with van der Waals surface area (Å²) in [5.41, 5.74) is 0.491. The first-order valence-corrected chi connectivity index (χ1v) is 6.81. The van der Waals surface area contributed by atoms with Crippen molar-refractivity contribution in [3.63, 3.8) is 0 Å². The summed E-state index contributed by atoms with van der Waals surface area (Å²) in [5.74, 6) is 0. The fourth-order valence-corrected chi connectivity index (χ4v) is 2.41. The SMILES string of the molecule is CCCCC(C)(CCCC)Cn1cccc1. The topological polar surface area (TPSA) is 4.93 Å². The van der Waals surface area contributed by atoms with Crippen LogP contribution in [0.1, 0.15) is 59.3 Å². The van der Waals surface area contributed by atoms with E-state index in [2.05, 4.69) is 49.9 Å². The maximum Gasteiger partial charge on any atom is 0.0273 e. The van der Waals surface area contributed by atoms with Crippen LogP contribution in [0.15, 0.2) is 24.5 Å². The van der Waals surface area contributed by atoms with Gasteiger partial charge in [0.1, 0.15) is 0 Å². The van der Waals surface area contributed by atoms with Crippen molar-refractivity contribution in [1.82, 2.24) is 4.57 Å². The highest BCUT2D eigenvalue weighted by molar-refractivity contribution is 4.92. The Morgan fingerprint density at radius 1 is 0.938 bits per heavy atom. The molecule has 16 heavy (non-hydrogen) atoms. The molecule has 92 valence electrons. The maximum atomic E-state index is 2.46. The third-order valence-electron chi connectivity index (χ3n) is 3.50. The highest BCUT2D eigenvalue weighted by atomic mass is 14.9. The molecule has 0 saturated carbocycles. The Balaban J connectivity index is 2.54. The second-order valence-corrected chi connectivity index (χ2v) is 5.37. The predicted octanol–water partition coefficient (Wildman–Crippen LogP) is 4.87. The zero-order valence-corrected chi connectivity index (χ0v) is 11.2. The van der Waals surface area contributed by atoms with Gasteiger partial charge in [-0.25, -0.2) is 0 Å². The summed E-state index contributed by atoms with van der Waals surface area (Å²) in [5, 5.41) is 0. The molecule has 1 nitrogen and oxygen atoms in total. The van der Waals surface area contributed by atoms with Crippen LogP contribution in [0.25, 0.3) is 0 Å². The van der Waals surface area contributed by atoms with Crippen molar-refractivity contribution < 1.29 is 0 Å². The molecule has 1 rings (SSSR count). The second-order valence-electron chi connectivity index (χ2n) is 5.37. The molecule has 1 aromatic rings. The summed E-state index contributed by atoms with van der Waals surface area (Å²) in [7, 11) is 0. The minimum atomic E-state index is 0.491. The van der Waals surface area contributed by atoms with Gasteiger partial charge < -0.3 is 4.57 Å². The Morgan fingerprint density at radius 3 is 1.88 bits per heavy atom. The smallest absolute Gasteiger partial charge is 0.0273 e. The summed E-state index contributed by atoms with van der Waals surface area (Å²) in [4.78, 5) is 0. The number of unbranched alkanes of at least 4 members (excludes halogenated alkanes) is 2. The molecule has 0 fully saturated rings. The highest BCUT2D eigenvalue weighted by Crippen LogP contribution is 2.32. The van der Waals surface area contributed by atoms with Crippen LogP contribution in [-0.4, -0.2) is 4.57 Å². The zero-order valence-electron chi connectivity index (χ0n) is 11.2. The molecule has 1 heterocycles. The van der Waals surface area contributed by atoms with Gasteiger partial charge in [0.25, 0.3) is 0 Å². The third-order valence-corrected chi connectivity index (χ3v) is 3.50. The lowest BCUT2D eigenvalue weighted by Crippen LogP contribution is -2.23. The van der Waals surface area contributed by atoms with E-state index in [4.69, 9.17) is 0 Å². The van der Waals surface area contributed by atoms with E-state index in [-0.39, 0.29) is 0 Å². The Hall–Kier alpha value is -0.720. The number of hydrogen-bond acceptors (Lipinski definition) is 0. The van der Waals surface area contributed by atoms with E-state index in [1.165, 1.54) is 45.1 Å². The van der Waals surface area contributed by atoms with Crippen LogP contribution in [0.3, 0.4) is 0 Å². The van der Waals surface area contributed by atoms with E-state index < -0.39 is 0 Å². The molecule has 1 heteroatoms. The number of nitrogens with zero attached hydrogens (tertiary/aromatic N) is 1. The molecule has 0 aliphatic carbocycles. The standard InChI is InChI=1S/C15H27N/c1-4-6-10-15(3,11-7-5-2)14-16-12-8-9-13-16/h8-9,12-13H,4-7,10-11,14H2,1-3H3. The second kappa shape index (κ2) is 6.78. The molecule has 0 radical (unpaired) electrons. The molecule has 1 aromatic heterocycles. The fourth-order valence-electron chi connectivity index (χ4n) is 2.41. The molecular weight excluding hydrogens is 194 g/mol. The van der Waals surface area contributed by atoms with E-state index in [1.807, 2.05) is 0 Å². The van der Waals surface area contributed by atoms with Crippen molar-refractivity contribution in [2.24, 2.45) is 5.41 Å². The molecule has 0 saturated heterocycles. The molecule has 0 aromatic carbocycles. The quantitative estimate of drug-likeness (QED) is 0.590. The van der Waals surface area contributed by atoms with Crippen molar-refractivity contribution in [2.45, 2.75) is 65.8 Å². The van der Waals surface area contributed by atoms with Gasteiger partial charge in [-0.1, -0.05) is 46.5 Å². The summed E-state index contributed by atoms with van der Waals surface area (Å²) in [6.45, 7) is 8.21. The van der Waals surface area contributed by atoms with Crippen molar-refractivity contribution >= 4 is 0 Å². The number of rotatable bonds is 8. The van der Waals surface area contributed by atoms with Crippen LogP contribution < -0.4 is 0 Å². The average Bonchev–Trinajstić information content (AvgIpc) is 2.76. The lowest BCUT2D eigenvalue weighted by molar-refractivity contribution is 0.216. The molecule has 0 atom stereocenters. The Labute approximate surface area is 101 Å². The Kier molecular flexibility index (Phi) is 5.65. The van der Waals surface area contributed by atoms with Gasteiger partial charge in [-0.3, -0.25) is 0 Å². The summed E-state index contributed by atoms with van der Waals surface area (Å²) < 4.78 is 2.34. The van der Waals surface area contributed by atoms with E-state index in [0.29, 0.717) is 5.41 Å².